The van der Waals surface area contributed by atoms with Crippen LogP contribution in [-0.2, 0) is 0 Å². The number of nitrogens with two attached hydrogens (primary N) is 1. The van der Waals surface area contributed by atoms with E-state index in [4.69, 9.17) is 10.5 Å². The van der Waals surface area contributed by atoms with Crippen LogP contribution in [0.4, 0.5) is 5.82 Å². The van der Waals surface area contributed by atoms with E-state index in [-0.39, 0.29) is 5.91 Å². The fourth-order valence-electron chi connectivity index (χ4n) is 5.82. The van der Waals surface area contributed by atoms with Crippen LogP contribution in [0.2, 0.25) is 0 Å². The number of hydrogen-bond acceptors (Lipinski definition) is 5. The summed E-state index contributed by atoms with van der Waals surface area (Å²) in [6, 6.07) is 10.5. The van der Waals surface area contributed by atoms with Gasteiger partial charge in [0.05, 0.1) is 6.61 Å². The molecule has 2 aromatic rings. The molecule has 3 heterocycles. The summed E-state index contributed by atoms with van der Waals surface area (Å²) >= 11 is 0. The Balaban J connectivity index is 1.19. The molecule has 34 heavy (non-hydrogen) atoms. The van der Waals surface area contributed by atoms with E-state index in [9.17, 15) is 4.79 Å². The van der Waals surface area contributed by atoms with Crippen LogP contribution in [0.1, 0.15) is 68.1 Å². The first-order chi connectivity index (χ1) is 16.7. The van der Waals surface area contributed by atoms with Crippen LogP contribution < -0.4 is 10.5 Å². The van der Waals surface area contributed by atoms with Crippen LogP contribution in [-0.4, -0.2) is 59.5 Å². The maximum absolute atomic E-state index is 13.1. The van der Waals surface area contributed by atoms with Crippen LogP contribution in [0.25, 0.3) is 11.1 Å². The topological polar surface area (TPSA) is 71.7 Å². The molecule has 2 aliphatic heterocycles. The molecule has 1 aromatic heterocycles. The molecule has 1 saturated carbocycles. The molecular formula is C28H38N4O2. The average Bonchev–Trinajstić information content (AvgIpc) is 3.44. The highest BCUT2D eigenvalue weighted by Crippen LogP contribution is 2.30. The van der Waals surface area contributed by atoms with Gasteiger partial charge in [-0.1, -0.05) is 31.4 Å². The molecule has 2 saturated heterocycles. The zero-order valence-electron chi connectivity index (χ0n) is 20.3. The predicted octanol–water partition coefficient (Wildman–Crippen LogP) is 4.99. The minimum absolute atomic E-state index is 0.137. The van der Waals surface area contributed by atoms with Gasteiger partial charge in [0.1, 0.15) is 0 Å². The normalized spacial score (nSPS) is 20.5. The Morgan fingerprint density at radius 3 is 2.32 bits per heavy atom. The molecule has 3 fully saturated rings. The summed E-state index contributed by atoms with van der Waals surface area (Å²) in [5, 5.41) is 0. The second-order valence-electron chi connectivity index (χ2n) is 10.3. The number of likely N-dealkylation sites (tertiary alicyclic amines) is 2. The van der Waals surface area contributed by atoms with Gasteiger partial charge in [-0.3, -0.25) is 4.79 Å². The average molecular weight is 463 g/mol. The van der Waals surface area contributed by atoms with Gasteiger partial charge in [0.2, 0.25) is 0 Å². The Morgan fingerprint density at radius 1 is 0.912 bits per heavy atom. The summed E-state index contributed by atoms with van der Waals surface area (Å²) in [5.41, 5.74) is 8.81. The molecule has 1 aromatic carbocycles. The highest BCUT2D eigenvalue weighted by molar-refractivity contribution is 5.94. The van der Waals surface area contributed by atoms with E-state index in [1.807, 2.05) is 35.2 Å². The van der Waals surface area contributed by atoms with Gasteiger partial charge < -0.3 is 20.3 Å². The van der Waals surface area contributed by atoms with Crippen molar-refractivity contribution in [1.82, 2.24) is 14.8 Å². The highest BCUT2D eigenvalue weighted by atomic mass is 16.5. The van der Waals surface area contributed by atoms with E-state index in [1.165, 1.54) is 58.0 Å². The minimum Gasteiger partial charge on any atom is -0.489 e. The number of aromatic nitrogens is 1. The first kappa shape index (κ1) is 23.2. The minimum atomic E-state index is 0.137. The summed E-state index contributed by atoms with van der Waals surface area (Å²) in [6.07, 6.45) is 13.0. The molecule has 0 unspecified atom stereocenters. The molecule has 6 nitrogen and oxygen atoms in total. The van der Waals surface area contributed by atoms with Crippen molar-refractivity contribution in [1.29, 1.82) is 0 Å². The van der Waals surface area contributed by atoms with Gasteiger partial charge in [0, 0.05) is 36.5 Å². The molecule has 0 spiro atoms. The monoisotopic (exact) mass is 462 g/mol. The number of ether oxygens (including phenoxy) is 1. The van der Waals surface area contributed by atoms with Crippen LogP contribution >= 0.6 is 0 Å². The van der Waals surface area contributed by atoms with Gasteiger partial charge in [-0.2, -0.15) is 0 Å². The summed E-state index contributed by atoms with van der Waals surface area (Å²) in [6.45, 7) is 4.87. The molecule has 2 N–H and O–H groups in total. The van der Waals surface area contributed by atoms with Gasteiger partial charge in [-0.15, -0.1) is 0 Å². The third-order valence-corrected chi connectivity index (χ3v) is 7.95. The molecule has 0 bridgehead atoms. The van der Waals surface area contributed by atoms with E-state index in [0.717, 1.165) is 42.6 Å². The van der Waals surface area contributed by atoms with Crippen molar-refractivity contribution in [2.75, 3.05) is 38.5 Å². The number of anilines is 1. The Labute approximate surface area is 203 Å². The number of benzene rings is 1. The van der Waals surface area contributed by atoms with Crippen LogP contribution in [0, 0.1) is 5.92 Å². The molecule has 182 valence electrons. The molecule has 0 atom stereocenters. The number of carbonyl (C=O) groups excluding carboxylic acids is 1. The maximum atomic E-state index is 13.1. The van der Waals surface area contributed by atoms with Crippen molar-refractivity contribution in [3.8, 4) is 16.9 Å². The van der Waals surface area contributed by atoms with Crippen molar-refractivity contribution in [3.05, 3.63) is 42.1 Å². The predicted molar refractivity (Wildman–Crippen MR) is 136 cm³/mol. The van der Waals surface area contributed by atoms with Crippen molar-refractivity contribution in [3.63, 3.8) is 0 Å². The van der Waals surface area contributed by atoms with E-state index in [0.29, 0.717) is 30.1 Å². The zero-order chi connectivity index (χ0) is 23.3. The molecule has 0 radical (unpaired) electrons. The van der Waals surface area contributed by atoms with E-state index >= 15 is 0 Å². The second kappa shape index (κ2) is 10.8. The number of nitrogen functional groups attached to an aromatic ring is 1. The van der Waals surface area contributed by atoms with Crippen molar-refractivity contribution in [2.45, 2.75) is 63.8 Å². The summed E-state index contributed by atoms with van der Waals surface area (Å²) in [7, 11) is 0. The van der Waals surface area contributed by atoms with Crippen molar-refractivity contribution < 1.29 is 9.53 Å². The van der Waals surface area contributed by atoms with Gasteiger partial charge >= 0.3 is 0 Å². The number of rotatable bonds is 6. The fourth-order valence-corrected chi connectivity index (χ4v) is 5.82. The SMILES string of the molecule is Nc1ncc(-c2ccc(C(=O)N3CCC(N4CCCC4)CC3)cc2)cc1OCC1CCCCC1. The van der Waals surface area contributed by atoms with Gasteiger partial charge in [0.25, 0.3) is 5.91 Å². The second-order valence-corrected chi connectivity index (χ2v) is 10.3. The highest BCUT2D eigenvalue weighted by Gasteiger charge is 2.28. The van der Waals surface area contributed by atoms with Gasteiger partial charge in [0.15, 0.2) is 11.6 Å². The number of piperidine rings is 1. The number of nitrogens with zero attached hydrogens (tertiary/aromatic N) is 3. The van der Waals surface area contributed by atoms with Crippen molar-refractivity contribution >= 4 is 11.7 Å². The standard InChI is InChI=1S/C28H38N4O2/c29-27-26(34-20-21-6-2-1-3-7-21)18-24(19-30-27)22-8-10-23(11-9-22)28(33)32-16-12-25(13-17-32)31-14-4-5-15-31/h8-11,18-19,21,25H,1-7,12-17,20H2,(H2,29,30). The van der Waals surface area contributed by atoms with Crippen molar-refractivity contribution in [2.24, 2.45) is 5.92 Å². The Hall–Kier alpha value is -2.60. The third kappa shape index (κ3) is 5.38. The first-order valence-corrected chi connectivity index (χ1v) is 13.2. The lowest BCUT2D eigenvalue weighted by atomic mass is 9.90. The number of pyridine rings is 1. The van der Waals surface area contributed by atoms with Crippen LogP contribution in [0.15, 0.2) is 36.5 Å². The number of hydrogen-bond donors (Lipinski definition) is 1. The lowest BCUT2D eigenvalue weighted by Gasteiger charge is -2.36. The number of carbonyl (C=O) groups is 1. The van der Waals surface area contributed by atoms with E-state index in [2.05, 4.69) is 9.88 Å². The molecule has 1 aliphatic carbocycles. The first-order valence-electron chi connectivity index (χ1n) is 13.2. The Morgan fingerprint density at radius 2 is 1.62 bits per heavy atom. The Kier molecular flexibility index (Phi) is 7.33. The molecule has 3 aliphatic rings. The van der Waals surface area contributed by atoms with E-state index < -0.39 is 0 Å². The molecular weight excluding hydrogens is 424 g/mol. The lowest BCUT2D eigenvalue weighted by molar-refractivity contribution is 0.0644. The molecule has 5 rings (SSSR count). The largest absolute Gasteiger partial charge is 0.489 e. The third-order valence-electron chi connectivity index (χ3n) is 7.95. The smallest absolute Gasteiger partial charge is 0.253 e. The number of amides is 1. The van der Waals surface area contributed by atoms with Crippen LogP contribution in [0.5, 0.6) is 5.75 Å². The summed E-state index contributed by atoms with van der Waals surface area (Å²) in [4.78, 5) is 22.1. The lowest BCUT2D eigenvalue weighted by Crippen LogP contribution is -2.45. The van der Waals surface area contributed by atoms with Crippen LogP contribution in [0.3, 0.4) is 0 Å². The molecule has 6 heteroatoms. The maximum Gasteiger partial charge on any atom is 0.253 e. The zero-order valence-corrected chi connectivity index (χ0v) is 20.3. The Bertz CT molecular complexity index is 957. The van der Waals surface area contributed by atoms with E-state index in [1.54, 1.807) is 6.20 Å². The fraction of sp³-hybridized carbons (Fsp3) is 0.571. The van der Waals surface area contributed by atoms with Gasteiger partial charge in [-0.05, 0) is 81.3 Å². The summed E-state index contributed by atoms with van der Waals surface area (Å²) in [5.74, 6) is 1.84. The van der Waals surface area contributed by atoms with Gasteiger partial charge in [-0.25, -0.2) is 4.98 Å². The molecule has 1 amide bonds. The summed E-state index contributed by atoms with van der Waals surface area (Å²) < 4.78 is 6.07. The quantitative estimate of drug-likeness (QED) is 0.655.